The van der Waals surface area contributed by atoms with Crippen molar-refractivity contribution in [1.82, 2.24) is 14.4 Å². The number of carbonyl (C=O) groups excluding carboxylic acids is 1. The van der Waals surface area contributed by atoms with Crippen molar-refractivity contribution >= 4 is 11.9 Å². The molecule has 1 aliphatic carbocycles. The molecule has 2 heterocycles. The van der Waals surface area contributed by atoms with Crippen LogP contribution in [-0.2, 0) is 0 Å². The second-order valence-electron chi connectivity index (χ2n) is 4.27. The van der Waals surface area contributed by atoms with Gasteiger partial charge in [-0.1, -0.05) is 12.8 Å². The molecule has 0 N–H and O–H groups in total. The van der Waals surface area contributed by atoms with E-state index in [1.54, 1.807) is 6.20 Å². The smallest absolute Gasteiger partial charge is 0.172 e. The minimum Gasteiger partial charge on any atom is -0.296 e. The second-order valence-corrected chi connectivity index (χ2v) is 4.27. The summed E-state index contributed by atoms with van der Waals surface area (Å²) in [6.45, 7) is 0. The van der Waals surface area contributed by atoms with Gasteiger partial charge in [-0.05, 0) is 18.9 Å². The Morgan fingerprint density at radius 3 is 2.94 bits per heavy atom. The first-order valence-corrected chi connectivity index (χ1v) is 5.68. The van der Waals surface area contributed by atoms with Gasteiger partial charge in [0.25, 0.3) is 0 Å². The highest BCUT2D eigenvalue weighted by molar-refractivity contribution is 5.81. The number of carbonyl (C=O) groups is 1. The zero-order valence-corrected chi connectivity index (χ0v) is 8.97. The van der Waals surface area contributed by atoms with Crippen molar-refractivity contribution in [1.29, 1.82) is 0 Å². The summed E-state index contributed by atoms with van der Waals surface area (Å²) in [6.07, 6.45) is 9.30. The summed E-state index contributed by atoms with van der Waals surface area (Å²) in [4.78, 5) is 19.6. The lowest BCUT2D eigenvalue weighted by molar-refractivity contribution is 0.112. The Morgan fingerprint density at radius 1 is 1.38 bits per heavy atom. The van der Waals surface area contributed by atoms with Gasteiger partial charge >= 0.3 is 0 Å². The van der Waals surface area contributed by atoms with E-state index in [0.29, 0.717) is 17.3 Å². The van der Waals surface area contributed by atoms with Gasteiger partial charge in [0, 0.05) is 18.3 Å². The summed E-state index contributed by atoms with van der Waals surface area (Å²) < 4.78 is 1.96. The number of hydrogen-bond donors (Lipinski definition) is 0. The van der Waals surface area contributed by atoms with Crippen molar-refractivity contribution in [2.45, 2.75) is 31.6 Å². The van der Waals surface area contributed by atoms with E-state index in [2.05, 4.69) is 9.97 Å². The molecule has 0 atom stereocenters. The van der Waals surface area contributed by atoms with Crippen molar-refractivity contribution in [2.75, 3.05) is 0 Å². The van der Waals surface area contributed by atoms with Crippen LogP contribution < -0.4 is 0 Å². The van der Waals surface area contributed by atoms with Crippen LogP contribution in [0.3, 0.4) is 0 Å². The first-order valence-electron chi connectivity index (χ1n) is 5.68. The molecule has 0 aromatic carbocycles. The van der Waals surface area contributed by atoms with Gasteiger partial charge in [0.2, 0.25) is 0 Å². The van der Waals surface area contributed by atoms with Gasteiger partial charge in [-0.2, -0.15) is 0 Å². The Bertz CT molecular complexity index is 526. The Morgan fingerprint density at radius 2 is 2.19 bits per heavy atom. The summed E-state index contributed by atoms with van der Waals surface area (Å²) in [7, 11) is 0. The molecule has 1 saturated carbocycles. The van der Waals surface area contributed by atoms with Crippen LogP contribution in [-0.4, -0.2) is 20.7 Å². The molecule has 0 radical (unpaired) electrons. The number of aldehydes is 1. The third-order valence-corrected chi connectivity index (χ3v) is 3.29. The minimum absolute atomic E-state index is 0.461. The largest absolute Gasteiger partial charge is 0.296 e. The molecule has 4 heteroatoms. The molecular formula is C12H13N3O. The SMILES string of the molecule is O=Cc1nc(C2CCCC2)n2cccnc12. The molecular weight excluding hydrogens is 202 g/mol. The maximum atomic E-state index is 10.9. The van der Waals surface area contributed by atoms with E-state index >= 15 is 0 Å². The third kappa shape index (κ3) is 1.33. The van der Waals surface area contributed by atoms with Crippen molar-refractivity contribution in [3.05, 3.63) is 30.0 Å². The van der Waals surface area contributed by atoms with Crippen molar-refractivity contribution in [2.24, 2.45) is 0 Å². The van der Waals surface area contributed by atoms with E-state index < -0.39 is 0 Å². The van der Waals surface area contributed by atoms with Crippen LogP contribution >= 0.6 is 0 Å². The number of aromatic nitrogens is 3. The summed E-state index contributed by atoms with van der Waals surface area (Å²) >= 11 is 0. The highest BCUT2D eigenvalue weighted by Crippen LogP contribution is 2.33. The quantitative estimate of drug-likeness (QED) is 0.721. The molecule has 3 rings (SSSR count). The molecule has 1 fully saturated rings. The Kier molecular flexibility index (Phi) is 2.20. The normalized spacial score (nSPS) is 17.0. The van der Waals surface area contributed by atoms with E-state index in [-0.39, 0.29) is 0 Å². The van der Waals surface area contributed by atoms with Crippen LogP contribution in [0.1, 0.15) is 47.9 Å². The van der Waals surface area contributed by atoms with Crippen LogP contribution in [0.5, 0.6) is 0 Å². The first-order chi connectivity index (χ1) is 7.90. The van der Waals surface area contributed by atoms with Crippen molar-refractivity contribution in [3.63, 3.8) is 0 Å². The third-order valence-electron chi connectivity index (χ3n) is 3.29. The monoisotopic (exact) mass is 215 g/mol. The van der Waals surface area contributed by atoms with E-state index in [9.17, 15) is 4.79 Å². The van der Waals surface area contributed by atoms with Gasteiger partial charge in [0.05, 0.1) is 0 Å². The average Bonchev–Trinajstić information content (AvgIpc) is 2.95. The Labute approximate surface area is 93.3 Å². The van der Waals surface area contributed by atoms with Crippen LogP contribution in [0.25, 0.3) is 5.65 Å². The molecule has 4 nitrogen and oxygen atoms in total. The molecule has 2 aromatic heterocycles. The van der Waals surface area contributed by atoms with E-state index in [1.165, 1.54) is 25.7 Å². The fourth-order valence-corrected chi connectivity index (χ4v) is 2.52. The molecule has 0 aliphatic heterocycles. The van der Waals surface area contributed by atoms with Crippen LogP contribution in [0, 0.1) is 0 Å². The zero-order valence-electron chi connectivity index (χ0n) is 8.97. The van der Waals surface area contributed by atoms with Gasteiger partial charge in [0.15, 0.2) is 11.9 Å². The Hall–Kier alpha value is -1.71. The number of fused-ring (bicyclic) bond motifs is 1. The lowest BCUT2D eigenvalue weighted by Crippen LogP contribution is -2.00. The predicted molar refractivity (Wildman–Crippen MR) is 59.6 cm³/mol. The lowest BCUT2D eigenvalue weighted by Gasteiger charge is -2.06. The molecule has 82 valence electrons. The number of imidazole rings is 1. The van der Waals surface area contributed by atoms with Crippen LogP contribution in [0.15, 0.2) is 18.5 Å². The summed E-state index contributed by atoms with van der Waals surface area (Å²) in [5, 5.41) is 0. The predicted octanol–water partition coefficient (Wildman–Crippen LogP) is 2.20. The summed E-state index contributed by atoms with van der Waals surface area (Å²) in [5.41, 5.74) is 1.14. The summed E-state index contributed by atoms with van der Waals surface area (Å²) in [5.74, 6) is 1.49. The fraction of sp³-hybridized carbons (Fsp3) is 0.417. The van der Waals surface area contributed by atoms with E-state index in [0.717, 1.165) is 12.1 Å². The number of hydrogen-bond acceptors (Lipinski definition) is 3. The first kappa shape index (κ1) is 9.51. The second kappa shape index (κ2) is 3.70. The number of rotatable bonds is 2. The highest BCUT2D eigenvalue weighted by atomic mass is 16.1. The van der Waals surface area contributed by atoms with Crippen molar-refractivity contribution in [3.8, 4) is 0 Å². The van der Waals surface area contributed by atoms with Crippen LogP contribution in [0.2, 0.25) is 0 Å². The van der Waals surface area contributed by atoms with Gasteiger partial charge < -0.3 is 0 Å². The Balaban J connectivity index is 2.20. The average molecular weight is 215 g/mol. The van der Waals surface area contributed by atoms with Gasteiger partial charge in [0.1, 0.15) is 11.5 Å². The van der Waals surface area contributed by atoms with Gasteiger partial charge in [-0.25, -0.2) is 9.97 Å². The maximum absolute atomic E-state index is 10.9. The molecule has 16 heavy (non-hydrogen) atoms. The molecule has 0 bridgehead atoms. The van der Waals surface area contributed by atoms with Gasteiger partial charge in [-0.15, -0.1) is 0 Å². The fourth-order valence-electron chi connectivity index (χ4n) is 2.52. The van der Waals surface area contributed by atoms with Crippen LogP contribution in [0.4, 0.5) is 0 Å². The van der Waals surface area contributed by atoms with Crippen molar-refractivity contribution < 1.29 is 4.79 Å². The standard InChI is InChI=1S/C12H13N3O/c16-8-10-12-13-6-3-7-15(12)11(14-10)9-4-1-2-5-9/h3,6-9H,1-2,4-5H2. The number of nitrogens with zero attached hydrogens (tertiary/aromatic N) is 3. The molecule has 0 unspecified atom stereocenters. The lowest BCUT2D eigenvalue weighted by atomic mass is 10.1. The molecule has 0 saturated heterocycles. The minimum atomic E-state index is 0.461. The maximum Gasteiger partial charge on any atom is 0.172 e. The topological polar surface area (TPSA) is 47.3 Å². The molecule has 0 amide bonds. The molecule has 0 spiro atoms. The summed E-state index contributed by atoms with van der Waals surface area (Å²) in [6, 6.07) is 1.88. The van der Waals surface area contributed by atoms with E-state index in [1.807, 2.05) is 16.7 Å². The molecule has 2 aromatic rings. The molecule has 1 aliphatic rings. The highest BCUT2D eigenvalue weighted by Gasteiger charge is 2.23. The zero-order chi connectivity index (χ0) is 11.0. The van der Waals surface area contributed by atoms with Gasteiger partial charge in [-0.3, -0.25) is 9.20 Å². The van der Waals surface area contributed by atoms with E-state index in [4.69, 9.17) is 0 Å².